The van der Waals surface area contributed by atoms with E-state index >= 15 is 4.39 Å². The van der Waals surface area contributed by atoms with Crippen LogP contribution in [0.15, 0.2) is 72.9 Å². The lowest BCUT2D eigenvalue weighted by Gasteiger charge is -2.28. The highest BCUT2D eigenvalue weighted by Crippen LogP contribution is 2.44. The summed E-state index contributed by atoms with van der Waals surface area (Å²) in [4.78, 5) is 18.1. The van der Waals surface area contributed by atoms with Crippen LogP contribution in [0.3, 0.4) is 0 Å². The normalized spacial score (nSPS) is 17.3. The summed E-state index contributed by atoms with van der Waals surface area (Å²) in [6.07, 6.45) is 1.73. The van der Waals surface area contributed by atoms with E-state index in [1.54, 1.807) is 36.5 Å². The number of aromatic carboxylic acids is 1. The molecule has 2 aromatic heterocycles. The maximum absolute atomic E-state index is 15.1. The summed E-state index contributed by atoms with van der Waals surface area (Å²) in [5.74, 6) is -1.35. The number of aryl methyl sites for hydroxylation is 2. The Morgan fingerprint density at radius 3 is 2.47 bits per heavy atom. The molecule has 0 bridgehead atoms. The summed E-state index contributed by atoms with van der Waals surface area (Å²) in [5.41, 5.74) is 5.91. The minimum absolute atomic E-state index is 0.215. The number of halogens is 1. The van der Waals surface area contributed by atoms with Gasteiger partial charge in [0.2, 0.25) is 0 Å². The molecule has 8 heteroatoms. The third-order valence-corrected chi connectivity index (χ3v) is 7.01. The Morgan fingerprint density at radius 2 is 1.78 bits per heavy atom. The second-order valence-electron chi connectivity index (χ2n) is 8.92. The van der Waals surface area contributed by atoms with Gasteiger partial charge in [-0.05, 0) is 86.6 Å². The van der Waals surface area contributed by atoms with Crippen molar-refractivity contribution in [1.82, 2.24) is 14.9 Å². The number of nitrogens with one attached hydrogen (secondary N) is 1. The van der Waals surface area contributed by atoms with E-state index in [1.165, 1.54) is 6.07 Å². The molecule has 0 saturated carbocycles. The van der Waals surface area contributed by atoms with Crippen molar-refractivity contribution >= 4 is 29.0 Å². The molecule has 6 nitrogen and oxygen atoms in total. The average molecular weight is 501 g/mol. The maximum atomic E-state index is 15.1. The van der Waals surface area contributed by atoms with Crippen LogP contribution in [-0.4, -0.2) is 25.7 Å². The lowest BCUT2D eigenvalue weighted by Crippen LogP contribution is -2.30. The number of aromatic nitrogens is 2. The molecule has 0 spiro atoms. The van der Waals surface area contributed by atoms with E-state index in [1.807, 2.05) is 54.5 Å². The minimum atomic E-state index is -0.981. The molecule has 1 saturated heterocycles. The Kier molecular flexibility index (Phi) is 6.05. The number of nitrogens with zero attached hydrogens (tertiary/aromatic N) is 3. The Hall–Kier alpha value is -4.04. The van der Waals surface area contributed by atoms with Crippen molar-refractivity contribution in [2.45, 2.75) is 32.9 Å². The van der Waals surface area contributed by atoms with Gasteiger partial charge in [-0.3, -0.25) is 4.98 Å². The maximum Gasteiger partial charge on any atom is 0.335 e. The number of carboxylic acids is 1. The number of rotatable bonds is 5. The van der Waals surface area contributed by atoms with Crippen molar-refractivity contribution in [2.24, 2.45) is 0 Å². The molecule has 36 heavy (non-hydrogen) atoms. The fraction of sp³-hybridized carbons (Fsp3) is 0.179. The lowest BCUT2D eigenvalue weighted by molar-refractivity contribution is 0.0697. The van der Waals surface area contributed by atoms with Gasteiger partial charge in [0.15, 0.2) is 5.11 Å². The largest absolute Gasteiger partial charge is 0.478 e. The second-order valence-corrected chi connectivity index (χ2v) is 9.30. The zero-order valence-electron chi connectivity index (χ0n) is 20.1. The number of hydrogen-bond acceptors (Lipinski definition) is 3. The van der Waals surface area contributed by atoms with Gasteiger partial charge in [0.1, 0.15) is 5.82 Å². The van der Waals surface area contributed by atoms with E-state index in [2.05, 4.69) is 16.4 Å². The number of thiocarbonyl (C=S) groups is 1. The van der Waals surface area contributed by atoms with Gasteiger partial charge in [0.05, 0.1) is 29.0 Å². The number of carboxylic acid groups (broad SMARTS) is 1. The number of pyridine rings is 1. The first-order chi connectivity index (χ1) is 17.3. The topological polar surface area (TPSA) is 70.4 Å². The number of benzene rings is 2. The summed E-state index contributed by atoms with van der Waals surface area (Å²) in [7, 11) is 0. The van der Waals surface area contributed by atoms with E-state index in [-0.39, 0.29) is 23.5 Å². The van der Waals surface area contributed by atoms with Gasteiger partial charge < -0.3 is 19.9 Å². The van der Waals surface area contributed by atoms with E-state index in [4.69, 9.17) is 12.2 Å². The predicted molar refractivity (Wildman–Crippen MR) is 141 cm³/mol. The SMILES string of the molecule is Cc1ccc(C(=O)O)cc1-n1c(C)cc([C@@H]2[C@H](c3ccccn3)NC(=S)N2c2ccccc2F)c1C. The highest BCUT2D eigenvalue weighted by Gasteiger charge is 2.43. The highest BCUT2D eigenvalue weighted by molar-refractivity contribution is 7.80. The summed E-state index contributed by atoms with van der Waals surface area (Å²) < 4.78 is 17.1. The molecule has 182 valence electrons. The minimum Gasteiger partial charge on any atom is -0.478 e. The van der Waals surface area contributed by atoms with Gasteiger partial charge in [0.25, 0.3) is 0 Å². The molecule has 0 unspecified atom stereocenters. The molecule has 0 amide bonds. The van der Waals surface area contributed by atoms with Gasteiger partial charge in [0, 0.05) is 23.3 Å². The van der Waals surface area contributed by atoms with Crippen LogP contribution < -0.4 is 10.2 Å². The van der Waals surface area contributed by atoms with Crippen LogP contribution in [0.5, 0.6) is 0 Å². The van der Waals surface area contributed by atoms with Crippen LogP contribution >= 0.6 is 12.2 Å². The zero-order valence-corrected chi connectivity index (χ0v) is 20.9. The first-order valence-corrected chi connectivity index (χ1v) is 12.0. The fourth-order valence-corrected chi connectivity index (χ4v) is 5.36. The molecule has 0 aliphatic carbocycles. The van der Waals surface area contributed by atoms with Gasteiger partial charge in [-0.2, -0.15) is 0 Å². The highest BCUT2D eigenvalue weighted by atomic mass is 32.1. The van der Waals surface area contributed by atoms with Crippen LogP contribution in [0.25, 0.3) is 5.69 Å². The first kappa shape index (κ1) is 23.7. The number of carbonyl (C=O) groups is 1. The molecule has 2 N–H and O–H groups in total. The van der Waals surface area contributed by atoms with E-state index in [0.717, 1.165) is 33.9 Å². The van der Waals surface area contributed by atoms with Crippen LogP contribution in [0.2, 0.25) is 0 Å². The fourth-order valence-electron chi connectivity index (χ4n) is 5.02. The summed E-state index contributed by atoms with van der Waals surface area (Å²) in [6.45, 7) is 5.92. The van der Waals surface area contributed by atoms with Crippen molar-refractivity contribution in [3.8, 4) is 5.69 Å². The number of anilines is 1. The summed E-state index contributed by atoms with van der Waals surface area (Å²) in [6, 6.07) is 18.7. The Labute approximate surface area is 214 Å². The monoisotopic (exact) mass is 500 g/mol. The molecule has 5 rings (SSSR count). The van der Waals surface area contributed by atoms with E-state index in [0.29, 0.717) is 10.8 Å². The molecule has 0 radical (unpaired) electrons. The summed E-state index contributed by atoms with van der Waals surface area (Å²) >= 11 is 5.73. The third kappa shape index (κ3) is 3.93. The smallest absolute Gasteiger partial charge is 0.335 e. The van der Waals surface area contributed by atoms with Gasteiger partial charge in [-0.15, -0.1) is 0 Å². The molecule has 1 fully saturated rings. The van der Waals surface area contributed by atoms with Crippen molar-refractivity contribution < 1.29 is 14.3 Å². The van der Waals surface area contributed by atoms with Crippen LogP contribution in [0, 0.1) is 26.6 Å². The van der Waals surface area contributed by atoms with Crippen molar-refractivity contribution in [2.75, 3.05) is 4.90 Å². The van der Waals surface area contributed by atoms with E-state index in [9.17, 15) is 9.90 Å². The quantitative estimate of drug-likeness (QED) is 0.337. The lowest BCUT2D eigenvalue weighted by atomic mass is 9.96. The first-order valence-electron chi connectivity index (χ1n) is 11.6. The molecule has 2 aromatic carbocycles. The number of hydrogen-bond donors (Lipinski definition) is 2. The summed E-state index contributed by atoms with van der Waals surface area (Å²) in [5, 5.41) is 13.3. The zero-order chi connectivity index (χ0) is 25.6. The van der Waals surface area contributed by atoms with Crippen LogP contribution in [0.1, 0.15) is 50.7 Å². The van der Waals surface area contributed by atoms with Crippen LogP contribution in [-0.2, 0) is 0 Å². The molecule has 1 aliphatic rings. The third-order valence-electron chi connectivity index (χ3n) is 6.70. The molecule has 2 atom stereocenters. The standard InChI is InChI=1S/C28H25FN4O2S/c1-16-11-12-19(27(34)35)15-24(16)32-17(2)14-20(18(32)3)26-25(22-9-6-7-13-30-22)31-28(36)33(26)23-10-5-4-8-21(23)29/h4-15,25-26H,1-3H3,(H,31,36)(H,34,35)/t25-,26+/m0/s1. The molecule has 4 aromatic rings. The molecule has 1 aliphatic heterocycles. The Morgan fingerprint density at radius 1 is 1.03 bits per heavy atom. The molecular formula is C28H25FN4O2S. The van der Waals surface area contributed by atoms with Crippen molar-refractivity contribution in [3.63, 3.8) is 0 Å². The van der Waals surface area contributed by atoms with E-state index < -0.39 is 5.97 Å². The van der Waals surface area contributed by atoms with Crippen molar-refractivity contribution in [1.29, 1.82) is 0 Å². The van der Waals surface area contributed by atoms with Gasteiger partial charge in [-0.25, -0.2) is 9.18 Å². The van der Waals surface area contributed by atoms with Crippen LogP contribution in [0.4, 0.5) is 10.1 Å². The van der Waals surface area contributed by atoms with Gasteiger partial charge in [-0.1, -0.05) is 24.3 Å². The number of para-hydroxylation sites is 1. The average Bonchev–Trinajstić information content (AvgIpc) is 3.35. The van der Waals surface area contributed by atoms with Gasteiger partial charge >= 0.3 is 5.97 Å². The molecule has 3 heterocycles. The Bertz CT molecular complexity index is 1480. The predicted octanol–water partition coefficient (Wildman–Crippen LogP) is 5.81. The second kappa shape index (κ2) is 9.20. The Balaban J connectivity index is 1.71. The van der Waals surface area contributed by atoms with Crippen molar-refractivity contribution in [3.05, 3.63) is 113 Å². The molecular weight excluding hydrogens is 475 g/mol.